The topological polar surface area (TPSA) is 64.0 Å². The van der Waals surface area contributed by atoms with Gasteiger partial charge in [0.05, 0.1) is 23.7 Å². The van der Waals surface area contributed by atoms with Gasteiger partial charge in [0.15, 0.2) is 5.78 Å². The van der Waals surface area contributed by atoms with Gasteiger partial charge in [-0.25, -0.2) is 0 Å². The van der Waals surface area contributed by atoms with Crippen LogP contribution in [-0.4, -0.2) is 33.0 Å². The molecule has 24 heavy (non-hydrogen) atoms. The van der Waals surface area contributed by atoms with Gasteiger partial charge in [-0.05, 0) is 19.3 Å². The number of Topliss-reactive ketones (excluding diaryl/α,β-unsaturated/α-hetero) is 1. The number of aromatic nitrogens is 2. The minimum atomic E-state index is -0.0254. The van der Waals surface area contributed by atoms with Crippen LogP contribution in [0.15, 0.2) is 36.5 Å². The molecule has 1 atom stereocenters. The normalized spacial score (nSPS) is 16.5. The third-order valence-electron chi connectivity index (χ3n) is 4.27. The van der Waals surface area contributed by atoms with Crippen LogP contribution in [0, 0.1) is 0 Å². The monoisotopic (exact) mass is 343 g/mol. The molecule has 1 aromatic carbocycles. The molecule has 0 fully saturated rings. The summed E-state index contributed by atoms with van der Waals surface area (Å²) in [5.41, 5.74) is 3.03. The molecule has 0 unspecified atom stereocenters. The predicted octanol–water partition coefficient (Wildman–Crippen LogP) is 2.53. The molecule has 6 heteroatoms. The second-order valence-electron chi connectivity index (χ2n) is 5.96. The number of fused-ring (bicyclic) bond motifs is 1. The molecule has 0 saturated heterocycles. The van der Waals surface area contributed by atoms with Crippen molar-refractivity contribution in [2.45, 2.75) is 25.3 Å². The van der Waals surface area contributed by atoms with Crippen molar-refractivity contribution in [1.29, 1.82) is 0 Å². The molecule has 0 saturated carbocycles. The standard InChI is InChI=1S/C18H21N3O2S/c1-21-16-9-5-8-15(14(16)10-19-21)20-18(23)12-24-11-17(22)13-6-3-2-4-7-13/h2-4,6-7,10,15H,5,8-9,11-12H2,1H3,(H,20,23)/t15-/m1/s1. The first-order valence-corrected chi connectivity index (χ1v) is 9.26. The van der Waals surface area contributed by atoms with E-state index in [0.717, 1.165) is 24.8 Å². The molecular formula is C18H21N3O2S. The quantitative estimate of drug-likeness (QED) is 0.819. The zero-order chi connectivity index (χ0) is 16.9. The van der Waals surface area contributed by atoms with Crippen LogP contribution >= 0.6 is 11.8 Å². The number of hydrogen-bond donors (Lipinski definition) is 1. The van der Waals surface area contributed by atoms with Gasteiger partial charge in [0.2, 0.25) is 5.91 Å². The Bertz CT molecular complexity index is 727. The second kappa shape index (κ2) is 7.66. The molecular weight excluding hydrogens is 322 g/mol. The molecule has 3 rings (SSSR count). The van der Waals surface area contributed by atoms with E-state index in [1.54, 1.807) is 12.1 Å². The van der Waals surface area contributed by atoms with Gasteiger partial charge in [-0.3, -0.25) is 14.3 Å². The molecule has 2 aromatic rings. The molecule has 126 valence electrons. The Kier molecular flexibility index (Phi) is 5.35. The Labute approximate surface area is 145 Å². The van der Waals surface area contributed by atoms with Gasteiger partial charge in [-0.15, -0.1) is 11.8 Å². The Balaban J connectivity index is 1.48. The minimum absolute atomic E-state index is 0.0254. The summed E-state index contributed by atoms with van der Waals surface area (Å²) in [5, 5.41) is 7.37. The predicted molar refractivity (Wildman–Crippen MR) is 95.1 cm³/mol. The SMILES string of the molecule is Cn1ncc2c1CCC[C@H]2NC(=O)CSCC(=O)c1ccccc1. The van der Waals surface area contributed by atoms with E-state index in [-0.39, 0.29) is 17.7 Å². The van der Waals surface area contributed by atoms with E-state index in [4.69, 9.17) is 0 Å². The number of thioether (sulfide) groups is 1. The summed E-state index contributed by atoms with van der Waals surface area (Å²) in [6.45, 7) is 0. The summed E-state index contributed by atoms with van der Waals surface area (Å²) in [7, 11) is 1.94. The van der Waals surface area contributed by atoms with Crippen molar-refractivity contribution in [3.8, 4) is 0 Å². The van der Waals surface area contributed by atoms with Crippen LogP contribution in [0.25, 0.3) is 0 Å². The number of nitrogens with one attached hydrogen (secondary N) is 1. The Hall–Kier alpha value is -2.08. The summed E-state index contributed by atoms with van der Waals surface area (Å²) in [5.74, 6) is 0.647. The van der Waals surface area contributed by atoms with Crippen molar-refractivity contribution in [1.82, 2.24) is 15.1 Å². The summed E-state index contributed by atoms with van der Waals surface area (Å²) in [4.78, 5) is 24.2. The molecule has 0 radical (unpaired) electrons. The van der Waals surface area contributed by atoms with Crippen LogP contribution in [0.2, 0.25) is 0 Å². The Morgan fingerprint density at radius 1 is 1.29 bits per heavy atom. The van der Waals surface area contributed by atoms with E-state index in [9.17, 15) is 9.59 Å². The summed E-state index contributed by atoms with van der Waals surface area (Å²) >= 11 is 1.36. The maximum Gasteiger partial charge on any atom is 0.230 e. The molecule has 1 aromatic heterocycles. The van der Waals surface area contributed by atoms with Gasteiger partial charge in [0.25, 0.3) is 0 Å². The van der Waals surface area contributed by atoms with Crippen molar-refractivity contribution in [3.63, 3.8) is 0 Å². The second-order valence-corrected chi connectivity index (χ2v) is 6.95. The van der Waals surface area contributed by atoms with Crippen LogP contribution in [0.3, 0.4) is 0 Å². The number of rotatable bonds is 6. The lowest BCUT2D eigenvalue weighted by atomic mass is 9.93. The number of carbonyl (C=O) groups excluding carboxylic acids is 2. The fourth-order valence-electron chi connectivity index (χ4n) is 3.04. The molecule has 1 amide bonds. The van der Waals surface area contributed by atoms with Crippen molar-refractivity contribution >= 4 is 23.5 Å². The van der Waals surface area contributed by atoms with Crippen LogP contribution in [0.1, 0.15) is 40.5 Å². The highest BCUT2D eigenvalue weighted by atomic mass is 32.2. The first-order valence-electron chi connectivity index (χ1n) is 8.11. The fraction of sp³-hybridized carbons (Fsp3) is 0.389. The Morgan fingerprint density at radius 2 is 2.08 bits per heavy atom. The molecule has 0 spiro atoms. The molecule has 1 heterocycles. The number of carbonyl (C=O) groups is 2. The average Bonchev–Trinajstić information content (AvgIpc) is 2.98. The molecule has 0 aliphatic heterocycles. The van der Waals surface area contributed by atoms with Crippen molar-refractivity contribution in [2.24, 2.45) is 7.05 Å². The third-order valence-corrected chi connectivity index (χ3v) is 5.21. The van der Waals surface area contributed by atoms with E-state index < -0.39 is 0 Å². The van der Waals surface area contributed by atoms with E-state index in [0.29, 0.717) is 17.1 Å². The maximum absolute atomic E-state index is 12.2. The summed E-state index contributed by atoms with van der Waals surface area (Å²) in [6, 6.07) is 9.22. The first-order chi connectivity index (χ1) is 11.6. The van der Waals surface area contributed by atoms with Gasteiger partial charge < -0.3 is 5.32 Å². The van der Waals surface area contributed by atoms with Crippen molar-refractivity contribution < 1.29 is 9.59 Å². The lowest BCUT2D eigenvalue weighted by Gasteiger charge is -2.23. The van der Waals surface area contributed by atoms with Crippen molar-refractivity contribution in [3.05, 3.63) is 53.3 Å². The van der Waals surface area contributed by atoms with Gasteiger partial charge in [-0.2, -0.15) is 5.10 Å². The number of benzene rings is 1. The van der Waals surface area contributed by atoms with Gasteiger partial charge in [0, 0.05) is 23.9 Å². The molecule has 0 bridgehead atoms. The molecule has 5 nitrogen and oxygen atoms in total. The van der Waals surface area contributed by atoms with Gasteiger partial charge >= 0.3 is 0 Å². The van der Waals surface area contributed by atoms with Crippen molar-refractivity contribution in [2.75, 3.05) is 11.5 Å². The number of hydrogen-bond acceptors (Lipinski definition) is 4. The lowest BCUT2D eigenvalue weighted by molar-refractivity contribution is -0.119. The average molecular weight is 343 g/mol. The summed E-state index contributed by atoms with van der Waals surface area (Å²) < 4.78 is 1.89. The molecule has 1 N–H and O–H groups in total. The smallest absolute Gasteiger partial charge is 0.230 e. The number of amides is 1. The van der Waals surface area contributed by atoms with Gasteiger partial charge in [0.1, 0.15) is 0 Å². The van der Waals surface area contributed by atoms with Crippen LogP contribution < -0.4 is 5.32 Å². The third kappa shape index (κ3) is 3.87. The highest BCUT2D eigenvalue weighted by Crippen LogP contribution is 2.29. The first kappa shape index (κ1) is 16.8. The minimum Gasteiger partial charge on any atom is -0.348 e. The van der Waals surface area contributed by atoms with E-state index in [1.165, 1.54) is 17.5 Å². The fourth-order valence-corrected chi connectivity index (χ4v) is 3.76. The van der Waals surface area contributed by atoms with Gasteiger partial charge in [-0.1, -0.05) is 30.3 Å². The zero-order valence-electron chi connectivity index (χ0n) is 13.7. The lowest BCUT2D eigenvalue weighted by Crippen LogP contribution is -2.32. The van der Waals surface area contributed by atoms with E-state index in [1.807, 2.05) is 36.1 Å². The van der Waals surface area contributed by atoms with E-state index in [2.05, 4.69) is 10.4 Å². The number of nitrogens with zero attached hydrogens (tertiary/aromatic N) is 2. The molecule has 1 aliphatic carbocycles. The summed E-state index contributed by atoms with van der Waals surface area (Å²) in [6.07, 6.45) is 4.86. The zero-order valence-corrected chi connectivity index (χ0v) is 14.5. The van der Waals surface area contributed by atoms with Crippen LogP contribution in [0.4, 0.5) is 0 Å². The van der Waals surface area contributed by atoms with Crippen LogP contribution in [-0.2, 0) is 18.3 Å². The molecule has 1 aliphatic rings. The number of aryl methyl sites for hydroxylation is 1. The highest BCUT2D eigenvalue weighted by Gasteiger charge is 2.24. The largest absolute Gasteiger partial charge is 0.348 e. The maximum atomic E-state index is 12.2. The highest BCUT2D eigenvalue weighted by molar-refractivity contribution is 8.00. The van der Waals surface area contributed by atoms with Crippen LogP contribution in [0.5, 0.6) is 0 Å². The number of ketones is 1. The van der Waals surface area contributed by atoms with E-state index >= 15 is 0 Å². The Morgan fingerprint density at radius 3 is 2.88 bits per heavy atom.